The predicted molar refractivity (Wildman–Crippen MR) is 109 cm³/mol. The monoisotopic (exact) mass is 361 g/mol. The second-order valence-electron chi connectivity index (χ2n) is 7.57. The number of fused-ring (bicyclic) bond motifs is 1. The summed E-state index contributed by atoms with van der Waals surface area (Å²) in [5.74, 6) is 1.25. The Labute approximate surface area is 160 Å². The Kier molecular flexibility index (Phi) is 4.73. The van der Waals surface area contributed by atoms with E-state index in [1.54, 1.807) is 0 Å². The molecule has 4 heteroatoms. The summed E-state index contributed by atoms with van der Waals surface area (Å²) >= 11 is 0. The van der Waals surface area contributed by atoms with Gasteiger partial charge in [-0.3, -0.25) is 4.79 Å². The van der Waals surface area contributed by atoms with E-state index >= 15 is 0 Å². The van der Waals surface area contributed by atoms with Crippen molar-refractivity contribution in [1.82, 2.24) is 14.5 Å². The van der Waals surface area contributed by atoms with Crippen molar-refractivity contribution in [3.8, 4) is 0 Å². The molecule has 1 aromatic heterocycles. The lowest BCUT2D eigenvalue weighted by atomic mass is 10.1. The topological polar surface area (TPSA) is 38.1 Å². The lowest BCUT2D eigenvalue weighted by molar-refractivity contribution is -0.131. The molecule has 0 bridgehead atoms. The Morgan fingerprint density at radius 3 is 2.81 bits per heavy atom. The Morgan fingerprint density at radius 1 is 1.19 bits per heavy atom. The molecule has 1 atom stereocenters. The van der Waals surface area contributed by atoms with Crippen LogP contribution in [0.15, 0.2) is 42.5 Å². The number of aryl methyl sites for hydroxylation is 2. The molecule has 1 aliphatic rings. The third-order valence-corrected chi connectivity index (χ3v) is 5.69. The number of carbonyl (C=O) groups excluding carboxylic acids is 1. The Morgan fingerprint density at radius 2 is 2.00 bits per heavy atom. The Hall–Kier alpha value is -2.62. The molecule has 1 saturated heterocycles. The summed E-state index contributed by atoms with van der Waals surface area (Å²) < 4.78 is 2.32. The van der Waals surface area contributed by atoms with Crippen LogP contribution < -0.4 is 0 Å². The lowest BCUT2D eigenvalue weighted by Gasteiger charge is -2.25. The molecule has 0 saturated carbocycles. The van der Waals surface area contributed by atoms with Crippen LogP contribution in [0.4, 0.5) is 0 Å². The number of rotatable bonds is 4. The van der Waals surface area contributed by atoms with Crippen LogP contribution in [0, 0.1) is 13.8 Å². The van der Waals surface area contributed by atoms with Gasteiger partial charge in [-0.2, -0.15) is 0 Å². The summed E-state index contributed by atoms with van der Waals surface area (Å²) in [5.41, 5.74) is 6.02. The highest BCUT2D eigenvalue weighted by Crippen LogP contribution is 2.34. The maximum absolute atomic E-state index is 12.5. The van der Waals surface area contributed by atoms with Crippen molar-refractivity contribution in [1.29, 1.82) is 0 Å². The SMILES string of the molecule is CCC(=O)N1CCC[C@H]1c1nc2ccccc2n1Cc1cc(C)ccc1C. The van der Waals surface area contributed by atoms with E-state index in [4.69, 9.17) is 4.98 Å². The summed E-state index contributed by atoms with van der Waals surface area (Å²) in [6, 6.07) is 15.0. The van der Waals surface area contributed by atoms with Crippen molar-refractivity contribution < 1.29 is 4.79 Å². The van der Waals surface area contributed by atoms with Gasteiger partial charge in [0.1, 0.15) is 5.82 Å². The number of aromatic nitrogens is 2. The van der Waals surface area contributed by atoms with E-state index < -0.39 is 0 Å². The van der Waals surface area contributed by atoms with Gasteiger partial charge in [-0.05, 0) is 49.9 Å². The summed E-state index contributed by atoms with van der Waals surface area (Å²) in [7, 11) is 0. The lowest BCUT2D eigenvalue weighted by Crippen LogP contribution is -2.31. The number of imidazole rings is 1. The van der Waals surface area contributed by atoms with Crippen molar-refractivity contribution >= 4 is 16.9 Å². The van der Waals surface area contributed by atoms with E-state index in [9.17, 15) is 4.79 Å². The first-order valence-electron chi connectivity index (χ1n) is 9.89. The first-order valence-corrected chi connectivity index (χ1v) is 9.89. The van der Waals surface area contributed by atoms with E-state index in [1.807, 2.05) is 17.9 Å². The smallest absolute Gasteiger partial charge is 0.222 e. The number of para-hydroxylation sites is 2. The molecule has 0 N–H and O–H groups in total. The molecule has 2 aromatic carbocycles. The van der Waals surface area contributed by atoms with Gasteiger partial charge in [-0.25, -0.2) is 4.98 Å². The van der Waals surface area contributed by atoms with Gasteiger partial charge in [0.25, 0.3) is 0 Å². The molecular weight excluding hydrogens is 334 g/mol. The van der Waals surface area contributed by atoms with Gasteiger partial charge in [0.15, 0.2) is 0 Å². The standard InChI is InChI=1S/C23H27N3O/c1-4-22(27)25-13-7-10-21(25)23-24-19-8-5-6-9-20(19)26(23)15-18-14-16(2)11-12-17(18)3/h5-6,8-9,11-12,14,21H,4,7,10,13,15H2,1-3H3/t21-/m0/s1. The largest absolute Gasteiger partial charge is 0.333 e. The molecule has 0 radical (unpaired) electrons. The molecule has 1 aliphatic heterocycles. The minimum Gasteiger partial charge on any atom is -0.333 e. The van der Waals surface area contributed by atoms with Crippen LogP contribution in [0.3, 0.4) is 0 Å². The molecule has 140 valence electrons. The predicted octanol–water partition coefficient (Wildman–Crippen LogP) is 4.77. The van der Waals surface area contributed by atoms with Crippen molar-refractivity contribution in [3.05, 3.63) is 65.0 Å². The highest BCUT2D eigenvalue weighted by atomic mass is 16.2. The molecular formula is C23H27N3O. The number of benzene rings is 2. The number of hydrogen-bond donors (Lipinski definition) is 0. The number of likely N-dealkylation sites (tertiary alicyclic amines) is 1. The molecule has 4 rings (SSSR count). The van der Waals surface area contributed by atoms with E-state index in [1.165, 1.54) is 16.7 Å². The number of amides is 1. The highest BCUT2D eigenvalue weighted by molar-refractivity contribution is 5.78. The number of carbonyl (C=O) groups is 1. The second kappa shape index (κ2) is 7.18. The van der Waals surface area contributed by atoms with Gasteiger partial charge in [0.2, 0.25) is 5.91 Å². The number of nitrogens with zero attached hydrogens (tertiary/aromatic N) is 3. The quantitative estimate of drug-likeness (QED) is 0.671. The third-order valence-electron chi connectivity index (χ3n) is 5.69. The zero-order valence-corrected chi connectivity index (χ0v) is 16.4. The van der Waals surface area contributed by atoms with Crippen LogP contribution in [0.1, 0.15) is 54.7 Å². The van der Waals surface area contributed by atoms with E-state index in [0.29, 0.717) is 6.42 Å². The first kappa shape index (κ1) is 17.8. The fraction of sp³-hybridized carbons (Fsp3) is 0.391. The fourth-order valence-corrected chi connectivity index (χ4v) is 4.19. The van der Waals surface area contributed by atoms with E-state index in [2.05, 4.69) is 54.8 Å². The minimum atomic E-state index is 0.0787. The maximum atomic E-state index is 12.5. The van der Waals surface area contributed by atoms with E-state index in [0.717, 1.165) is 42.8 Å². The van der Waals surface area contributed by atoms with Crippen LogP contribution in [-0.4, -0.2) is 26.9 Å². The van der Waals surface area contributed by atoms with E-state index in [-0.39, 0.29) is 11.9 Å². The molecule has 3 aromatic rings. The molecule has 1 fully saturated rings. The minimum absolute atomic E-state index is 0.0787. The van der Waals surface area contributed by atoms with Gasteiger partial charge >= 0.3 is 0 Å². The summed E-state index contributed by atoms with van der Waals surface area (Å²) in [4.78, 5) is 19.5. The molecule has 0 spiro atoms. The van der Waals surface area contributed by atoms with Gasteiger partial charge < -0.3 is 9.47 Å². The van der Waals surface area contributed by atoms with Crippen LogP contribution >= 0.6 is 0 Å². The molecule has 2 heterocycles. The molecule has 1 amide bonds. The molecule has 4 nitrogen and oxygen atoms in total. The second-order valence-corrected chi connectivity index (χ2v) is 7.57. The number of hydrogen-bond acceptors (Lipinski definition) is 2. The van der Waals surface area contributed by atoms with Gasteiger partial charge in [0.05, 0.1) is 17.1 Å². The molecule has 27 heavy (non-hydrogen) atoms. The first-order chi connectivity index (χ1) is 13.1. The summed E-state index contributed by atoms with van der Waals surface area (Å²) in [5, 5.41) is 0. The zero-order valence-electron chi connectivity index (χ0n) is 16.4. The van der Waals surface area contributed by atoms with Crippen LogP contribution in [0.2, 0.25) is 0 Å². The van der Waals surface area contributed by atoms with Crippen LogP contribution in [0.25, 0.3) is 11.0 Å². The zero-order chi connectivity index (χ0) is 19.0. The normalized spacial score (nSPS) is 17.0. The van der Waals surface area contributed by atoms with Gasteiger partial charge in [0, 0.05) is 19.5 Å². The average molecular weight is 361 g/mol. The summed E-state index contributed by atoms with van der Waals surface area (Å²) in [6.07, 6.45) is 2.58. The van der Waals surface area contributed by atoms with Crippen LogP contribution in [-0.2, 0) is 11.3 Å². The van der Waals surface area contributed by atoms with Gasteiger partial charge in [-0.1, -0.05) is 42.8 Å². The molecule has 0 aliphatic carbocycles. The fourth-order valence-electron chi connectivity index (χ4n) is 4.19. The van der Waals surface area contributed by atoms with Crippen molar-refractivity contribution in [2.45, 2.75) is 52.6 Å². The van der Waals surface area contributed by atoms with Crippen molar-refractivity contribution in [3.63, 3.8) is 0 Å². The molecule has 0 unspecified atom stereocenters. The Balaban J connectivity index is 1.82. The van der Waals surface area contributed by atoms with Gasteiger partial charge in [-0.15, -0.1) is 0 Å². The van der Waals surface area contributed by atoms with Crippen LogP contribution in [0.5, 0.6) is 0 Å². The average Bonchev–Trinajstić information content (AvgIpc) is 3.29. The maximum Gasteiger partial charge on any atom is 0.222 e. The highest BCUT2D eigenvalue weighted by Gasteiger charge is 2.33. The van der Waals surface area contributed by atoms with Crippen molar-refractivity contribution in [2.24, 2.45) is 0 Å². The van der Waals surface area contributed by atoms with Crippen molar-refractivity contribution in [2.75, 3.05) is 6.54 Å². The summed E-state index contributed by atoms with van der Waals surface area (Å²) in [6.45, 7) is 7.86. The third kappa shape index (κ3) is 3.25. The Bertz CT molecular complexity index is 988.